The average Bonchev–Trinajstić information content (AvgIpc) is 3.62. The van der Waals surface area contributed by atoms with E-state index in [-0.39, 0.29) is 18.7 Å². The molecule has 2 aliphatic heterocycles. The molecular weight excluding hydrogens is 484 g/mol. The molecule has 1 atom stereocenters. The van der Waals surface area contributed by atoms with Crippen molar-refractivity contribution in [3.63, 3.8) is 0 Å². The molecule has 194 valence electrons. The van der Waals surface area contributed by atoms with Gasteiger partial charge in [0.25, 0.3) is 5.91 Å². The number of hydrogen-bond donors (Lipinski definition) is 1. The second kappa shape index (κ2) is 10.1. The number of carbonyl (C=O) groups excluding carboxylic acids is 1. The van der Waals surface area contributed by atoms with Crippen molar-refractivity contribution in [3.05, 3.63) is 88.7 Å². The summed E-state index contributed by atoms with van der Waals surface area (Å²) in [5.41, 5.74) is 4.60. The summed E-state index contributed by atoms with van der Waals surface area (Å²) in [7, 11) is 3.68. The summed E-state index contributed by atoms with van der Waals surface area (Å²) in [5.74, 6) is 2.47. The van der Waals surface area contributed by atoms with Crippen molar-refractivity contribution >= 4 is 5.91 Å². The van der Waals surface area contributed by atoms with Crippen LogP contribution < -0.4 is 19.5 Å². The number of likely N-dealkylation sites (N-methyl/N-ethyl adjacent to an activating group) is 1. The van der Waals surface area contributed by atoms with Crippen LogP contribution in [0, 0.1) is 0 Å². The van der Waals surface area contributed by atoms with Crippen LogP contribution in [0.2, 0.25) is 0 Å². The van der Waals surface area contributed by atoms with Crippen molar-refractivity contribution in [2.45, 2.75) is 18.9 Å². The zero-order valence-corrected chi connectivity index (χ0v) is 21.3. The highest BCUT2D eigenvalue weighted by Crippen LogP contribution is 2.50. The normalized spacial score (nSPS) is 16.2. The molecule has 0 saturated carbocycles. The Balaban J connectivity index is 1.25. The second-order valence-electron chi connectivity index (χ2n) is 9.34. The topological polar surface area (TPSA) is 104 Å². The molecule has 0 aliphatic carbocycles. The lowest BCUT2D eigenvalue weighted by atomic mass is 9.90. The highest BCUT2D eigenvalue weighted by atomic mass is 16.7. The molecule has 2 aliphatic rings. The quantitative estimate of drug-likeness (QED) is 0.403. The molecule has 4 aromatic rings. The molecule has 38 heavy (non-hydrogen) atoms. The summed E-state index contributed by atoms with van der Waals surface area (Å²) in [6, 6.07) is 19.1. The van der Waals surface area contributed by atoms with Gasteiger partial charge in [-0.3, -0.25) is 9.69 Å². The van der Waals surface area contributed by atoms with Gasteiger partial charge in [-0.1, -0.05) is 30.3 Å². The van der Waals surface area contributed by atoms with Gasteiger partial charge >= 0.3 is 0 Å². The molecular formula is C28H28N6O4. The zero-order chi connectivity index (χ0) is 26.1. The summed E-state index contributed by atoms with van der Waals surface area (Å²) in [5, 5.41) is 15.7. The molecule has 10 nitrogen and oxygen atoms in total. The fourth-order valence-electron chi connectivity index (χ4n) is 5.13. The van der Waals surface area contributed by atoms with Crippen LogP contribution in [0.3, 0.4) is 0 Å². The van der Waals surface area contributed by atoms with Crippen LogP contribution in [0.25, 0.3) is 5.69 Å². The van der Waals surface area contributed by atoms with Gasteiger partial charge in [-0.2, -0.15) is 4.68 Å². The van der Waals surface area contributed by atoms with E-state index in [1.807, 2.05) is 43.4 Å². The zero-order valence-electron chi connectivity index (χ0n) is 21.3. The van der Waals surface area contributed by atoms with Crippen molar-refractivity contribution in [1.82, 2.24) is 30.4 Å². The van der Waals surface area contributed by atoms with Gasteiger partial charge in [-0.15, -0.1) is 5.10 Å². The van der Waals surface area contributed by atoms with Crippen LogP contribution in [0.5, 0.6) is 17.2 Å². The number of rotatable bonds is 7. The number of nitrogens with zero attached hydrogens (tertiary/aromatic N) is 5. The number of methoxy groups -OCH3 is 1. The summed E-state index contributed by atoms with van der Waals surface area (Å²) in [6.07, 6.45) is 1.61. The van der Waals surface area contributed by atoms with Crippen LogP contribution in [-0.2, 0) is 12.8 Å². The van der Waals surface area contributed by atoms with Crippen LogP contribution in [0.4, 0.5) is 0 Å². The highest BCUT2D eigenvalue weighted by Gasteiger charge is 2.37. The Kier molecular flexibility index (Phi) is 6.38. The largest absolute Gasteiger partial charge is 0.492 e. The predicted octanol–water partition coefficient (Wildman–Crippen LogP) is 2.95. The molecule has 10 heteroatoms. The molecule has 3 aromatic carbocycles. The number of tetrazole rings is 1. The number of amides is 1. The van der Waals surface area contributed by atoms with Crippen LogP contribution in [0.15, 0.2) is 60.7 Å². The van der Waals surface area contributed by atoms with Gasteiger partial charge < -0.3 is 19.5 Å². The first-order valence-electron chi connectivity index (χ1n) is 12.5. The molecule has 0 spiro atoms. The molecule has 0 fully saturated rings. The van der Waals surface area contributed by atoms with Crippen molar-refractivity contribution < 1.29 is 19.0 Å². The number of fused-ring (bicyclic) bond motifs is 2. The first kappa shape index (κ1) is 23.9. The smallest absolute Gasteiger partial charge is 0.251 e. The minimum Gasteiger partial charge on any atom is -0.492 e. The molecule has 1 N–H and O–H groups in total. The van der Waals surface area contributed by atoms with Crippen molar-refractivity contribution in [2.24, 2.45) is 0 Å². The molecule has 0 saturated heterocycles. The lowest BCUT2D eigenvalue weighted by molar-refractivity contribution is 0.0954. The Morgan fingerprint density at radius 2 is 1.95 bits per heavy atom. The summed E-state index contributed by atoms with van der Waals surface area (Å²) in [4.78, 5) is 14.9. The van der Waals surface area contributed by atoms with E-state index in [0.29, 0.717) is 35.2 Å². The summed E-state index contributed by atoms with van der Waals surface area (Å²) >= 11 is 0. The fraction of sp³-hybridized carbons (Fsp3) is 0.286. The van der Waals surface area contributed by atoms with Crippen LogP contribution in [0.1, 0.15) is 38.9 Å². The minimum absolute atomic E-state index is 0.119. The summed E-state index contributed by atoms with van der Waals surface area (Å²) in [6.45, 7) is 1.55. The molecule has 6 rings (SSSR count). The van der Waals surface area contributed by atoms with Crippen LogP contribution >= 0.6 is 0 Å². The number of nitrogens with one attached hydrogen (secondary N) is 1. The van der Waals surface area contributed by atoms with E-state index in [2.05, 4.69) is 37.9 Å². The van der Waals surface area contributed by atoms with Gasteiger partial charge in [0.15, 0.2) is 17.3 Å². The third-order valence-electron chi connectivity index (χ3n) is 7.05. The lowest BCUT2D eigenvalue weighted by Gasteiger charge is -2.34. The Hall–Kier alpha value is -4.44. The van der Waals surface area contributed by atoms with Gasteiger partial charge in [0.2, 0.25) is 12.5 Å². The molecule has 0 radical (unpaired) electrons. The number of hydrogen-bond acceptors (Lipinski definition) is 8. The molecule has 1 aromatic heterocycles. The van der Waals surface area contributed by atoms with E-state index in [1.165, 1.54) is 5.56 Å². The molecule has 0 bridgehead atoms. The van der Waals surface area contributed by atoms with Gasteiger partial charge in [0, 0.05) is 24.2 Å². The SMILES string of the molecule is COc1c2c(cc3c1[C@H](c1nnnn1-c1ccc(C(=O)NCCc4ccccc4)cc1)N(C)CC3)OCO2. The maximum absolute atomic E-state index is 12.7. The molecule has 1 amide bonds. The van der Waals surface area contributed by atoms with E-state index in [4.69, 9.17) is 14.2 Å². The predicted molar refractivity (Wildman–Crippen MR) is 139 cm³/mol. The van der Waals surface area contributed by atoms with E-state index < -0.39 is 0 Å². The lowest BCUT2D eigenvalue weighted by Crippen LogP contribution is -2.35. The van der Waals surface area contributed by atoms with E-state index >= 15 is 0 Å². The van der Waals surface area contributed by atoms with Crippen molar-refractivity contribution in [1.29, 1.82) is 0 Å². The number of ether oxygens (including phenoxy) is 3. The Morgan fingerprint density at radius 3 is 2.74 bits per heavy atom. The number of benzene rings is 3. The second-order valence-corrected chi connectivity index (χ2v) is 9.34. The Labute approximate surface area is 220 Å². The van der Waals surface area contributed by atoms with Crippen LogP contribution in [-0.4, -0.2) is 65.1 Å². The van der Waals surface area contributed by atoms with Gasteiger partial charge in [0.05, 0.1) is 12.8 Å². The van der Waals surface area contributed by atoms with Crippen molar-refractivity contribution in [3.8, 4) is 22.9 Å². The first-order chi connectivity index (χ1) is 18.6. The average molecular weight is 513 g/mol. The molecule has 0 unspecified atom stereocenters. The monoisotopic (exact) mass is 512 g/mol. The third kappa shape index (κ3) is 4.32. The van der Waals surface area contributed by atoms with Gasteiger partial charge in [0.1, 0.15) is 6.04 Å². The van der Waals surface area contributed by atoms with E-state index in [9.17, 15) is 4.79 Å². The fourth-order valence-corrected chi connectivity index (χ4v) is 5.13. The highest BCUT2D eigenvalue weighted by molar-refractivity contribution is 5.94. The maximum atomic E-state index is 12.7. The van der Waals surface area contributed by atoms with E-state index in [1.54, 1.807) is 23.9 Å². The van der Waals surface area contributed by atoms with E-state index in [0.717, 1.165) is 36.2 Å². The van der Waals surface area contributed by atoms with Gasteiger partial charge in [-0.25, -0.2) is 0 Å². The molecule has 3 heterocycles. The number of carbonyl (C=O) groups is 1. The minimum atomic E-state index is -0.265. The Morgan fingerprint density at radius 1 is 1.13 bits per heavy atom. The third-order valence-corrected chi connectivity index (χ3v) is 7.05. The maximum Gasteiger partial charge on any atom is 0.251 e. The van der Waals surface area contributed by atoms with Gasteiger partial charge in [-0.05, 0) is 71.8 Å². The van der Waals surface area contributed by atoms with Crippen molar-refractivity contribution in [2.75, 3.05) is 34.0 Å². The standard InChI is InChI=1S/C28H28N6O4/c1-33-15-13-20-16-22-25(38-17-37-22)26(36-2)23(20)24(33)27-30-31-32-34(27)21-10-8-19(9-11-21)28(35)29-14-12-18-6-4-3-5-7-18/h3-11,16,24H,12-15,17H2,1-2H3,(H,29,35)/t24-/m1/s1. The first-order valence-corrected chi connectivity index (χ1v) is 12.5. The number of aromatic nitrogens is 4. The summed E-state index contributed by atoms with van der Waals surface area (Å²) < 4.78 is 18.9. The Bertz CT molecular complexity index is 1450.